The molecule has 4 aliphatic heterocycles. The minimum Gasteiger partial charge on any atom is -0.483 e. The van der Waals surface area contributed by atoms with Crippen LogP contribution in [0.25, 0.3) is 0 Å². The number of piperidine rings is 1. The van der Waals surface area contributed by atoms with Crippen molar-refractivity contribution in [3.8, 4) is 11.5 Å². The molecule has 0 radical (unpaired) electrons. The lowest BCUT2D eigenvalue weighted by Gasteiger charge is -2.58. The van der Waals surface area contributed by atoms with Crippen LogP contribution >= 0.6 is 11.3 Å². The number of aliphatic carboxylic acids is 1. The van der Waals surface area contributed by atoms with Crippen molar-refractivity contribution in [3.05, 3.63) is 81.0 Å². The van der Waals surface area contributed by atoms with Gasteiger partial charge in [0.05, 0.1) is 37.9 Å². The molecule has 39 heteroatoms. The summed E-state index contributed by atoms with van der Waals surface area (Å²) in [5, 5.41) is 64.4. The van der Waals surface area contributed by atoms with Crippen LogP contribution in [0.3, 0.4) is 0 Å². The molecule has 10 rings (SSSR count). The number of likely N-dealkylation sites (N-methyl/N-ethyl adjacent to an activating group) is 1. The summed E-state index contributed by atoms with van der Waals surface area (Å²) in [5.74, 6) is -7.73. The average molecular weight is 1780 g/mol. The molecule has 3 aromatic rings. The maximum atomic E-state index is 15.2. The molecule has 4 fully saturated rings. The Balaban J connectivity index is 0.714. The van der Waals surface area contributed by atoms with Gasteiger partial charge in [-0.1, -0.05) is 107 Å². The van der Waals surface area contributed by atoms with Crippen LogP contribution in [0.5, 0.6) is 11.5 Å². The van der Waals surface area contributed by atoms with Gasteiger partial charge in [0, 0.05) is 79.9 Å². The quantitative estimate of drug-likeness (QED) is 0.0115. The summed E-state index contributed by atoms with van der Waals surface area (Å²) in [6.07, 6.45) is 15.1. The zero-order valence-corrected chi connectivity index (χ0v) is 73.3. The number of aliphatic hydroxyl groups excluding tert-OH is 3. The summed E-state index contributed by atoms with van der Waals surface area (Å²) in [6.45, 7) is -0.777. The molecule has 5 heterocycles. The van der Waals surface area contributed by atoms with Gasteiger partial charge in [0.15, 0.2) is 29.4 Å². The van der Waals surface area contributed by atoms with Gasteiger partial charge in [-0.3, -0.25) is 62.9 Å². The first-order chi connectivity index (χ1) is 60.6. The van der Waals surface area contributed by atoms with Gasteiger partial charge in [-0.25, -0.2) is 4.79 Å². The van der Waals surface area contributed by atoms with E-state index in [1.54, 1.807) is 35.7 Å². The third-order valence-corrected chi connectivity index (χ3v) is 26.5. The van der Waals surface area contributed by atoms with Crippen molar-refractivity contribution in [2.45, 2.75) is 283 Å². The molecule has 14 unspecified atom stereocenters. The number of fused-ring (bicyclic) bond motifs is 1. The highest BCUT2D eigenvalue weighted by Crippen LogP contribution is 2.64. The van der Waals surface area contributed by atoms with Crippen molar-refractivity contribution in [2.24, 2.45) is 61.0 Å². The van der Waals surface area contributed by atoms with E-state index in [1.165, 1.54) is 21.4 Å². The Morgan fingerprint density at radius 2 is 1.25 bits per heavy atom. The number of β-amino-alcohol motifs (C(OH)–C–C–N with tert-alkyl or cyclic N) is 1. The molecule has 1 aromatic heterocycles. The Bertz CT molecular complexity index is 4290. The summed E-state index contributed by atoms with van der Waals surface area (Å²) in [5.41, 5.74) is 42.9. The minimum atomic E-state index is -1.71. The van der Waals surface area contributed by atoms with E-state index >= 15 is 9.59 Å². The van der Waals surface area contributed by atoms with Crippen molar-refractivity contribution < 1.29 is 82.6 Å². The first-order valence-electron chi connectivity index (χ1n) is 44.9. The lowest BCUT2D eigenvalue weighted by molar-refractivity contribution is -0.152. The predicted octanol–water partition coefficient (Wildman–Crippen LogP) is -0.101. The Morgan fingerprint density at radius 3 is 1.90 bits per heavy atom. The standard InChI is InChI=1S/C87H133N21O17S/c1-105-42-36-87-57-33-34-66(111)75(87)125-74-67(35-32-53(72(74)87)45-63(57)105)124-71(114)31-12-7-5-3-2-4-6-8-17-38-95-58(26-15-16-37-88)76(115)101-59(27-18-39-96-84(89)90)77(116)102-60(28-19-40-97-85(91)92)80(119)108-49-56(110)46-64(108)78(117)99-47-69(112)104-73(68-30-21-43-126-68)79(118)103-62(51-109)81(120)107-48-54-23-14-13-22-52(54)44-65(107)82(121)106(55-24-10-9-11-25-55)50-70(113)100-61(83(122)123)29-20-41-98-86(93)94/h13-14,21-23,30,32,35,43,55-66,73,75,95,109-111H,2-12,15-20,24-29,31,33-34,36-42,44-51,88H2,1H3,(H,99,117)(H,100,113)(H,101,115)(H,102,116)(H,103,118)(H,104,112)(H,122,123)(H4,89,90,96)(H4,91,92,97)(H4,93,94,98). The topological polar surface area (TPSA) is 604 Å². The number of unbranched alkanes of at least 4 members (excludes halogenated alkanes) is 9. The van der Waals surface area contributed by atoms with Crippen molar-refractivity contribution in [1.82, 2.24) is 56.8 Å². The third-order valence-electron chi connectivity index (χ3n) is 25.6. The number of nitrogens with two attached hydrogens (primary N) is 7. The molecule has 2 aromatic carbocycles. The Hall–Kier alpha value is -10.3. The fourth-order valence-electron chi connectivity index (χ4n) is 19.2. The van der Waals surface area contributed by atoms with Gasteiger partial charge >= 0.3 is 11.9 Å². The zero-order valence-electron chi connectivity index (χ0n) is 72.4. The summed E-state index contributed by atoms with van der Waals surface area (Å²) >= 11 is 1.07. The van der Waals surface area contributed by atoms with Crippen LogP contribution in [0.4, 0.5) is 0 Å². The van der Waals surface area contributed by atoms with Crippen LogP contribution in [0.2, 0.25) is 0 Å². The molecule has 2 saturated heterocycles. The molecule has 25 N–H and O–H groups in total. The van der Waals surface area contributed by atoms with Gasteiger partial charge in [0.2, 0.25) is 53.2 Å². The van der Waals surface area contributed by atoms with E-state index in [9.17, 15) is 63.6 Å². The van der Waals surface area contributed by atoms with Gasteiger partial charge in [0.25, 0.3) is 0 Å². The van der Waals surface area contributed by atoms with E-state index in [0.29, 0.717) is 93.5 Å². The molecule has 694 valence electrons. The molecule has 9 amide bonds. The lowest BCUT2D eigenvalue weighted by Crippen LogP contribution is -2.66. The molecule has 2 bridgehead atoms. The fraction of sp³-hybridized carbons (Fsp3) is 0.655. The monoisotopic (exact) mass is 1780 g/mol. The van der Waals surface area contributed by atoms with Gasteiger partial charge in [-0.05, 0) is 170 Å². The van der Waals surface area contributed by atoms with Crippen molar-refractivity contribution >= 4 is 94.3 Å². The number of thiophene rings is 1. The summed E-state index contributed by atoms with van der Waals surface area (Å²) in [4.78, 5) is 175. The number of carbonyl (C=O) groups is 11. The number of esters is 1. The van der Waals surface area contributed by atoms with Crippen molar-refractivity contribution in [3.63, 3.8) is 0 Å². The number of amides is 9. The van der Waals surface area contributed by atoms with Gasteiger partial charge in [-0.15, -0.1) is 11.3 Å². The van der Waals surface area contributed by atoms with Crippen LogP contribution in [-0.2, 0) is 77.5 Å². The Labute approximate surface area is 739 Å². The van der Waals surface area contributed by atoms with Crippen LogP contribution < -0.4 is 86.8 Å². The van der Waals surface area contributed by atoms with E-state index in [-0.39, 0.29) is 124 Å². The molecule has 126 heavy (non-hydrogen) atoms. The Morgan fingerprint density at radius 1 is 0.627 bits per heavy atom. The number of carbonyl (C=O) groups excluding carboxylic acids is 10. The summed E-state index contributed by atoms with van der Waals surface area (Å²) in [6, 6.07) is 3.50. The number of hydrogen-bond acceptors (Lipinski definition) is 23. The largest absolute Gasteiger partial charge is 0.483 e. The number of likely N-dealkylation sites (tertiary alicyclic amines) is 2. The Kier molecular flexibility index (Phi) is 37.3. The second kappa shape index (κ2) is 48.0. The molecule has 3 aliphatic carbocycles. The number of hydrogen-bond donors (Lipinski definition) is 18. The lowest BCUT2D eigenvalue weighted by atomic mass is 9.51. The fourth-order valence-corrected chi connectivity index (χ4v) is 20.0. The molecule has 1 spiro atoms. The zero-order chi connectivity index (χ0) is 90.6. The number of carboxylic acid groups (broad SMARTS) is 1. The number of aliphatic imine (C=N–C) groups is 3. The number of rotatable bonds is 50. The smallest absolute Gasteiger partial charge is 0.326 e. The van der Waals surface area contributed by atoms with E-state index < -0.39 is 145 Å². The van der Waals surface area contributed by atoms with Crippen LogP contribution in [0.15, 0.2) is 68.9 Å². The first kappa shape index (κ1) is 97.9. The van der Waals surface area contributed by atoms with E-state index in [4.69, 9.17) is 49.6 Å². The maximum absolute atomic E-state index is 15.2. The van der Waals surface area contributed by atoms with E-state index in [0.717, 1.165) is 124 Å². The predicted molar refractivity (Wildman–Crippen MR) is 472 cm³/mol. The number of nitrogens with one attached hydrogen (secondary N) is 7. The van der Waals surface area contributed by atoms with Crippen LogP contribution in [-0.4, -0.2) is 268 Å². The molecule has 14 atom stereocenters. The molecule has 7 aliphatic rings. The normalized spacial score (nSPS) is 21.8. The van der Waals surface area contributed by atoms with Gasteiger partial charge < -0.3 is 127 Å². The number of carboxylic acids is 1. The molecular weight excluding hydrogens is 1640 g/mol. The highest BCUT2D eigenvalue weighted by atomic mass is 32.1. The van der Waals surface area contributed by atoms with Gasteiger partial charge in [-0.2, -0.15) is 0 Å². The summed E-state index contributed by atoms with van der Waals surface area (Å²) < 4.78 is 12.6. The second-order valence-electron chi connectivity index (χ2n) is 34.5. The third kappa shape index (κ3) is 26.4. The van der Waals surface area contributed by atoms with Crippen LogP contribution in [0.1, 0.15) is 213 Å². The van der Waals surface area contributed by atoms with E-state index in [2.05, 4.69) is 70.2 Å². The second-order valence-corrected chi connectivity index (χ2v) is 35.4. The maximum Gasteiger partial charge on any atom is 0.326 e. The van der Waals surface area contributed by atoms with Gasteiger partial charge in [0.1, 0.15) is 48.4 Å². The number of ether oxygens (including phenoxy) is 2. The molecular formula is C87H133N21O17S. The number of benzene rings is 2. The van der Waals surface area contributed by atoms with Crippen molar-refractivity contribution in [1.29, 1.82) is 0 Å². The van der Waals surface area contributed by atoms with E-state index in [1.807, 2.05) is 6.07 Å². The number of nitrogens with zero attached hydrogens (tertiary/aromatic N) is 7. The highest BCUT2D eigenvalue weighted by Gasteiger charge is 2.65. The first-order valence-corrected chi connectivity index (χ1v) is 45.8. The SMILES string of the molecule is CN1CCC23c4c5ccc(OC(=O)CCCCCCCCCCCNC(CCCCN)C(=O)NC(CCCN=C(N)N)C(=O)NC(CCCN=C(N)N)C(=O)N6CC(O)CC6C(=O)NCC(=O)NC(C(=O)NC(CO)C(=O)N6Cc7ccccc7CC6C(=O)N(CC(=O)NC(CCCN=C(N)N)C(=O)O)C6CCCCC6)c6cccs6)c4OC2C(O)CCC3C1C5. The minimum absolute atomic E-state index is 0.0165. The number of aliphatic hydroxyl groups is 3. The molecule has 38 nitrogen and oxygen atoms in total. The summed E-state index contributed by atoms with van der Waals surface area (Å²) in [7, 11) is 2.20. The molecule has 2 saturated carbocycles. The number of guanidine groups is 3. The highest BCUT2D eigenvalue weighted by molar-refractivity contribution is 7.10. The average Bonchev–Trinajstić information content (AvgIpc) is 1.50. The van der Waals surface area contributed by atoms with Crippen LogP contribution in [0, 0.1) is 5.92 Å². The van der Waals surface area contributed by atoms with Crippen molar-refractivity contribution in [2.75, 3.05) is 72.6 Å².